The molecule has 0 aliphatic rings. The molecule has 0 aliphatic heterocycles. The van der Waals surface area contributed by atoms with Crippen molar-refractivity contribution < 1.29 is 18.3 Å². The Morgan fingerprint density at radius 2 is 1.74 bits per heavy atom. The van der Waals surface area contributed by atoms with Gasteiger partial charge in [-0.25, -0.2) is 8.42 Å². The number of H-pyrrole nitrogens is 1. The summed E-state index contributed by atoms with van der Waals surface area (Å²) in [5.74, 6) is -0.803. The molecule has 174 valence electrons. The van der Waals surface area contributed by atoms with Gasteiger partial charge in [-0.15, -0.1) is 10.2 Å². The summed E-state index contributed by atoms with van der Waals surface area (Å²) in [6, 6.07) is 18.1. The average Bonchev–Trinajstić information content (AvgIpc) is 3.12. The normalized spacial score (nSPS) is 11.9. The highest BCUT2D eigenvalue weighted by molar-refractivity contribution is 7.92. The van der Waals surface area contributed by atoms with E-state index in [0.717, 1.165) is 10.6 Å². The SMILES string of the molecule is CS(=O)(=O)N(Cc1ccc(C(=O)N=Nc2c(O)[nH]c3ccccc23)cc1)c1cccc(Cl)c1Cl. The highest BCUT2D eigenvalue weighted by atomic mass is 35.5. The first-order valence-corrected chi connectivity index (χ1v) is 12.5. The maximum absolute atomic E-state index is 12.5. The van der Waals surface area contributed by atoms with E-state index in [2.05, 4.69) is 15.2 Å². The van der Waals surface area contributed by atoms with Gasteiger partial charge >= 0.3 is 0 Å². The van der Waals surface area contributed by atoms with Crippen molar-refractivity contribution in [2.24, 2.45) is 10.2 Å². The minimum Gasteiger partial charge on any atom is -0.493 e. The molecular weight excluding hydrogens is 499 g/mol. The van der Waals surface area contributed by atoms with E-state index in [1.54, 1.807) is 54.6 Å². The maximum atomic E-state index is 12.5. The molecule has 1 aromatic heterocycles. The molecule has 0 saturated carbocycles. The number of anilines is 1. The average molecular weight is 517 g/mol. The number of benzene rings is 3. The number of carbonyl (C=O) groups excluding carboxylic acids is 1. The molecule has 4 rings (SSSR count). The van der Waals surface area contributed by atoms with Gasteiger partial charge in [0.1, 0.15) is 0 Å². The number of aromatic nitrogens is 1. The number of nitrogens with zero attached hydrogens (tertiary/aromatic N) is 3. The first-order chi connectivity index (χ1) is 16.1. The van der Waals surface area contributed by atoms with Crippen molar-refractivity contribution in [3.8, 4) is 5.88 Å². The summed E-state index contributed by atoms with van der Waals surface area (Å²) in [7, 11) is -3.67. The molecule has 1 amide bonds. The maximum Gasteiger partial charge on any atom is 0.295 e. The van der Waals surface area contributed by atoms with E-state index in [0.29, 0.717) is 16.5 Å². The third-order valence-electron chi connectivity index (χ3n) is 5.03. The van der Waals surface area contributed by atoms with Crippen molar-refractivity contribution in [2.45, 2.75) is 6.54 Å². The van der Waals surface area contributed by atoms with Gasteiger partial charge in [0.05, 0.1) is 34.0 Å². The van der Waals surface area contributed by atoms with Crippen molar-refractivity contribution in [3.05, 3.63) is 87.9 Å². The highest BCUT2D eigenvalue weighted by Gasteiger charge is 2.22. The number of fused-ring (bicyclic) bond motifs is 1. The number of para-hydroxylation sites is 1. The molecule has 11 heteroatoms. The van der Waals surface area contributed by atoms with Crippen LogP contribution < -0.4 is 4.31 Å². The number of amides is 1. The number of aromatic amines is 1. The first kappa shape index (κ1) is 23.7. The predicted octanol–water partition coefficient (Wildman–Crippen LogP) is 6.07. The fraction of sp³-hybridized carbons (Fsp3) is 0.0870. The molecule has 34 heavy (non-hydrogen) atoms. The lowest BCUT2D eigenvalue weighted by atomic mass is 10.1. The van der Waals surface area contributed by atoms with Crippen molar-refractivity contribution in [3.63, 3.8) is 0 Å². The Bertz CT molecular complexity index is 1520. The Morgan fingerprint density at radius 1 is 1.03 bits per heavy atom. The number of halogens is 2. The molecule has 0 aliphatic carbocycles. The molecule has 0 fully saturated rings. The molecule has 8 nitrogen and oxygen atoms in total. The van der Waals surface area contributed by atoms with Gasteiger partial charge < -0.3 is 10.1 Å². The lowest BCUT2D eigenvalue weighted by Crippen LogP contribution is -2.29. The topological polar surface area (TPSA) is 115 Å². The van der Waals surface area contributed by atoms with Crippen molar-refractivity contribution in [1.29, 1.82) is 0 Å². The molecule has 0 spiro atoms. The van der Waals surface area contributed by atoms with Crippen LogP contribution in [0.1, 0.15) is 15.9 Å². The van der Waals surface area contributed by atoms with E-state index >= 15 is 0 Å². The summed E-state index contributed by atoms with van der Waals surface area (Å²) in [4.78, 5) is 15.3. The van der Waals surface area contributed by atoms with E-state index in [1.807, 2.05) is 0 Å². The van der Waals surface area contributed by atoms with E-state index < -0.39 is 15.9 Å². The molecule has 2 N–H and O–H groups in total. The van der Waals surface area contributed by atoms with Crippen LogP contribution in [-0.4, -0.2) is 30.7 Å². The Balaban J connectivity index is 1.55. The first-order valence-electron chi connectivity index (χ1n) is 9.91. The number of aromatic hydroxyl groups is 1. The third kappa shape index (κ3) is 4.91. The third-order valence-corrected chi connectivity index (χ3v) is 6.96. The van der Waals surface area contributed by atoms with Crippen molar-refractivity contribution >= 4 is 61.4 Å². The van der Waals surface area contributed by atoms with E-state index in [4.69, 9.17) is 23.2 Å². The molecule has 0 unspecified atom stereocenters. The summed E-state index contributed by atoms with van der Waals surface area (Å²) in [5, 5.41) is 18.7. The molecule has 0 saturated heterocycles. The van der Waals surface area contributed by atoms with Gasteiger partial charge in [0.25, 0.3) is 5.91 Å². The van der Waals surface area contributed by atoms with Crippen LogP contribution >= 0.6 is 23.2 Å². The summed E-state index contributed by atoms with van der Waals surface area (Å²) >= 11 is 12.3. The molecule has 0 atom stereocenters. The summed E-state index contributed by atoms with van der Waals surface area (Å²) < 4.78 is 26.0. The minimum absolute atomic E-state index is 0.0158. The fourth-order valence-electron chi connectivity index (χ4n) is 3.35. The largest absolute Gasteiger partial charge is 0.493 e. The zero-order valence-corrected chi connectivity index (χ0v) is 20.1. The Hall–Kier alpha value is -3.40. The molecule has 0 bridgehead atoms. The number of sulfonamides is 1. The van der Waals surface area contributed by atoms with Gasteiger partial charge in [0.15, 0.2) is 5.69 Å². The monoisotopic (exact) mass is 516 g/mol. The quantitative estimate of drug-likeness (QED) is 0.302. The Morgan fingerprint density at radius 3 is 2.44 bits per heavy atom. The van der Waals surface area contributed by atoms with Crippen molar-refractivity contribution in [2.75, 3.05) is 10.6 Å². The lowest BCUT2D eigenvalue weighted by molar-refractivity contribution is 0.0995. The Labute approximate surface area is 205 Å². The van der Waals surface area contributed by atoms with Crippen LogP contribution in [0.3, 0.4) is 0 Å². The molecule has 0 radical (unpaired) electrons. The van der Waals surface area contributed by atoms with Gasteiger partial charge in [0, 0.05) is 10.9 Å². The molecule has 1 heterocycles. The second-order valence-electron chi connectivity index (χ2n) is 7.41. The molecule has 4 aromatic rings. The van der Waals surface area contributed by atoms with Crippen LogP contribution in [0.2, 0.25) is 10.0 Å². The van der Waals surface area contributed by atoms with Crippen LogP contribution in [0.25, 0.3) is 10.9 Å². The summed E-state index contributed by atoms with van der Waals surface area (Å²) in [6.45, 7) is -0.0158. The number of hydrogen-bond donors (Lipinski definition) is 2. The van der Waals surface area contributed by atoms with Gasteiger partial charge in [-0.3, -0.25) is 9.10 Å². The smallest absolute Gasteiger partial charge is 0.295 e. The van der Waals surface area contributed by atoms with Crippen LogP contribution in [-0.2, 0) is 16.6 Å². The summed E-state index contributed by atoms with van der Waals surface area (Å²) in [5.41, 5.74) is 1.95. The molecular formula is C23H18Cl2N4O4S. The molecule has 3 aromatic carbocycles. The van der Waals surface area contributed by atoms with Gasteiger partial charge in [-0.2, -0.15) is 0 Å². The van der Waals surface area contributed by atoms with Crippen LogP contribution in [0.15, 0.2) is 77.0 Å². The number of carbonyl (C=O) groups is 1. The zero-order chi connectivity index (χ0) is 24.5. The van der Waals surface area contributed by atoms with Crippen LogP contribution in [0.5, 0.6) is 5.88 Å². The number of rotatable bonds is 6. The predicted molar refractivity (Wildman–Crippen MR) is 133 cm³/mol. The van der Waals surface area contributed by atoms with E-state index in [9.17, 15) is 18.3 Å². The van der Waals surface area contributed by atoms with Crippen LogP contribution in [0, 0.1) is 0 Å². The van der Waals surface area contributed by atoms with Gasteiger partial charge in [-0.05, 0) is 35.9 Å². The number of hydrogen-bond acceptors (Lipinski definition) is 5. The van der Waals surface area contributed by atoms with Crippen molar-refractivity contribution in [1.82, 2.24) is 4.98 Å². The zero-order valence-electron chi connectivity index (χ0n) is 17.7. The Kier molecular flexibility index (Phi) is 6.60. The number of azo groups is 1. The lowest BCUT2D eigenvalue weighted by Gasteiger charge is -2.24. The van der Waals surface area contributed by atoms with Gasteiger partial charge in [-0.1, -0.05) is 59.6 Å². The van der Waals surface area contributed by atoms with E-state index in [-0.39, 0.29) is 39.4 Å². The minimum atomic E-state index is -3.67. The van der Waals surface area contributed by atoms with E-state index in [1.165, 1.54) is 12.1 Å². The summed E-state index contributed by atoms with van der Waals surface area (Å²) in [6.07, 6.45) is 1.07. The van der Waals surface area contributed by atoms with Gasteiger partial charge in [0.2, 0.25) is 15.9 Å². The standard InChI is InChI=1S/C23H18Cl2N4O4S/c1-34(32,33)29(19-8-4-6-17(24)20(19)25)13-14-9-11-15(12-10-14)22(30)28-27-21-16-5-2-3-7-18(16)26-23(21)31/h2-12,26,31H,13H2,1H3. The fourth-order valence-corrected chi connectivity index (χ4v) is 4.69. The van der Waals surface area contributed by atoms with Crippen LogP contribution in [0.4, 0.5) is 11.4 Å². The second kappa shape index (κ2) is 9.46. The number of nitrogens with one attached hydrogen (secondary N) is 1. The second-order valence-corrected chi connectivity index (χ2v) is 10.1. The highest BCUT2D eigenvalue weighted by Crippen LogP contribution is 2.36.